The lowest BCUT2D eigenvalue weighted by Gasteiger charge is -2.24. The predicted molar refractivity (Wildman–Crippen MR) is 130 cm³/mol. The maximum Gasteiger partial charge on any atom is 0.227 e. The second kappa shape index (κ2) is 8.76. The van der Waals surface area contributed by atoms with Crippen molar-refractivity contribution in [2.75, 3.05) is 13.1 Å². The van der Waals surface area contributed by atoms with E-state index in [0.717, 1.165) is 32.2 Å². The van der Waals surface area contributed by atoms with Crippen molar-refractivity contribution in [1.82, 2.24) is 24.9 Å². The van der Waals surface area contributed by atoms with Gasteiger partial charge in [0.1, 0.15) is 11.3 Å². The molecular weight excluding hydrogens is 482 g/mol. The summed E-state index contributed by atoms with van der Waals surface area (Å²) in [4.78, 5) is 18.2. The highest BCUT2D eigenvalue weighted by Crippen LogP contribution is 2.32. The van der Waals surface area contributed by atoms with Gasteiger partial charge in [-0.1, -0.05) is 39.3 Å². The highest BCUT2D eigenvalue weighted by Gasteiger charge is 2.36. The first kappa shape index (κ1) is 21.9. The third-order valence-electron chi connectivity index (χ3n) is 6.56. The number of benzene rings is 2. The second-order valence-corrected chi connectivity index (χ2v) is 9.70. The Kier molecular flexibility index (Phi) is 5.80. The Bertz CT molecular complexity index is 1310. The van der Waals surface area contributed by atoms with E-state index in [1.807, 2.05) is 60.5 Å². The van der Waals surface area contributed by atoms with Crippen LogP contribution in [0.4, 0.5) is 0 Å². The number of aromatic nitrogens is 4. The normalized spacial score (nSPS) is 19.1. The van der Waals surface area contributed by atoms with Crippen LogP contribution in [0.5, 0.6) is 0 Å². The molecule has 2 aromatic heterocycles. The number of halogens is 1. The van der Waals surface area contributed by atoms with Gasteiger partial charge in [0.05, 0.1) is 18.3 Å². The van der Waals surface area contributed by atoms with Gasteiger partial charge in [-0.25, -0.2) is 4.68 Å². The number of aryl methyl sites for hydroxylation is 1. The van der Waals surface area contributed by atoms with Crippen molar-refractivity contribution >= 4 is 32.7 Å². The SMILES string of the molecule is Cc1cc(Br)ccc1-n1cc(C2(O)CCCN(C(=O)Cc3c[nH]c4ccccc34)CC2)nn1. The summed E-state index contributed by atoms with van der Waals surface area (Å²) in [5, 5.41) is 21.1. The molecule has 1 aliphatic rings. The molecule has 2 aromatic carbocycles. The monoisotopic (exact) mass is 507 g/mol. The minimum absolute atomic E-state index is 0.0816. The van der Waals surface area contributed by atoms with Crippen molar-refractivity contribution in [3.05, 3.63) is 76.2 Å². The van der Waals surface area contributed by atoms with E-state index < -0.39 is 5.60 Å². The molecule has 33 heavy (non-hydrogen) atoms. The Morgan fingerprint density at radius 1 is 1.21 bits per heavy atom. The summed E-state index contributed by atoms with van der Waals surface area (Å²) in [6.45, 7) is 3.13. The number of aliphatic hydroxyl groups is 1. The molecule has 0 bridgehead atoms. The minimum atomic E-state index is -1.10. The Hall–Kier alpha value is -2.97. The molecule has 7 nitrogen and oxygen atoms in total. The van der Waals surface area contributed by atoms with E-state index in [0.29, 0.717) is 44.5 Å². The van der Waals surface area contributed by atoms with E-state index in [1.54, 1.807) is 10.9 Å². The maximum atomic E-state index is 13.1. The fourth-order valence-electron chi connectivity index (χ4n) is 4.65. The molecule has 8 heteroatoms. The van der Waals surface area contributed by atoms with Gasteiger partial charge in [-0.3, -0.25) is 4.79 Å². The number of carbonyl (C=O) groups is 1. The molecule has 0 radical (unpaired) electrons. The Balaban J connectivity index is 1.29. The van der Waals surface area contributed by atoms with Gasteiger partial charge in [-0.2, -0.15) is 0 Å². The van der Waals surface area contributed by atoms with Gasteiger partial charge in [0.25, 0.3) is 0 Å². The number of likely N-dealkylation sites (tertiary alicyclic amines) is 1. The average Bonchev–Trinajstić information content (AvgIpc) is 3.39. The van der Waals surface area contributed by atoms with Crippen LogP contribution in [-0.2, 0) is 16.8 Å². The molecule has 3 heterocycles. The summed E-state index contributed by atoms with van der Waals surface area (Å²) >= 11 is 3.48. The summed E-state index contributed by atoms with van der Waals surface area (Å²) in [6.07, 6.45) is 5.76. The zero-order valence-electron chi connectivity index (χ0n) is 18.5. The first-order valence-corrected chi connectivity index (χ1v) is 12.0. The number of rotatable bonds is 4. The number of nitrogens with one attached hydrogen (secondary N) is 1. The Morgan fingerprint density at radius 2 is 2.06 bits per heavy atom. The average molecular weight is 508 g/mol. The Labute approximate surface area is 200 Å². The van der Waals surface area contributed by atoms with Gasteiger partial charge in [-0.05, 0) is 61.6 Å². The number of fused-ring (bicyclic) bond motifs is 1. The summed E-state index contributed by atoms with van der Waals surface area (Å²) < 4.78 is 2.71. The molecule has 5 rings (SSSR count). The van der Waals surface area contributed by atoms with Crippen LogP contribution < -0.4 is 0 Å². The number of amides is 1. The van der Waals surface area contributed by atoms with Crippen molar-refractivity contribution in [1.29, 1.82) is 0 Å². The number of hydrogen-bond donors (Lipinski definition) is 2. The first-order chi connectivity index (χ1) is 15.9. The number of hydrogen-bond acceptors (Lipinski definition) is 4. The predicted octanol–water partition coefficient (Wildman–Crippen LogP) is 4.26. The molecule has 1 atom stereocenters. The van der Waals surface area contributed by atoms with Crippen LogP contribution in [0.2, 0.25) is 0 Å². The standard InChI is InChI=1S/C25H26BrN5O2/c1-17-13-19(26)7-8-22(17)31-16-23(28-29-31)25(33)9-4-11-30(12-10-25)24(32)14-18-15-27-21-6-3-2-5-20(18)21/h2-3,5-8,13,15-16,27,33H,4,9-12,14H2,1H3. The van der Waals surface area contributed by atoms with Gasteiger partial charge in [0.15, 0.2) is 0 Å². The Morgan fingerprint density at radius 3 is 2.91 bits per heavy atom. The molecule has 1 fully saturated rings. The summed E-state index contributed by atoms with van der Waals surface area (Å²) in [5.41, 5.74) is 3.47. The van der Waals surface area contributed by atoms with Crippen LogP contribution in [-0.4, -0.2) is 49.0 Å². The lowest BCUT2D eigenvalue weighted by molar-refractivity contribution is -0.130. The van der Waals surface area contributed by atoms with Gasteiger partial charge in [-0.15, -0.1) is 5.10 Å². The minimum Gasteiger partial charge on any atom is -0.383 e. The number of aromatic amines is 1. The van der Waals surface area contributed by atoms with Crippen LogP contribution >= 0.6 is 15.9 Å². The van der Waals surface area contributed by atoms with E-state index in [-0.39, 0.29) is 5.91 Å². The molecule has 0 spiro atoms. The number of para-hydroxylation sites is 1. The molecule has 1 aliphatic heterocycles. The second-order valence-electron chi connectivity index (χ2n) is 8.78. The number of nitrogens with zero attached hydrogens (tertiary/aromatic N) is 4. The van der Waals surface area contributed by atoms with Crippen LogP contribution in [0.1, 0.15) is 36.1 Å². The summed E-state index contributed by atoms with van der Waals surface area (Å²) in [6, 6.07) is 14.0. The zero-order chi connectivity index (χ0) is 23.0. The topological polar surface area (TPSA) is 87.0 Å². The molecule has 1 saturated heterocycles. The molecule has 0 saturated carbocycles. The zero-order valence-corrected chi connectivity index (χ0v) is 20.0. The molecule has 1 amide bonds. The van der Waals surface area contributed by atoms with Crippen LogP contribution in [0.15, 0.2) is 59.3 Å². The van der Waals surface area contributed by atoms with Gasteiger partial charge in [0.2, 0.25) is 5.91 Å². The highest BCUT2D eigenvalue weighted by molar-refractivity contribution is 9.10. The quantitative estimate of drug-likeness (QED) is 0.431. The van der Waals surface area contributed by atoms with E-state index in [4.69, 9.17) is 0 Å². The largest absolute Gasteiger partial charge is 0.383 e. The van der Waals surface area contributed by atoms with Crippen molar-refractivity contribution in [2.45, 2.75) is 38.2 Å². The maximum absolute atomic E-state index is 13.1. The molecular formula is C25H26BrN5O2. The molecule has 1 unspecified atom stereocenters. The molecule has 4 aromatic rings. The van der Waals surface area contributed by atoms with Gasteiger partial charge >= 0.3 is 0 Å². The fraction of sp³-hybridized carbons (Fsp3) is 0.320. The molecule has 2 N–H and O–H groups in total. The van der Waals surface area contributed by atoms with E-state index >= 15 is 0 Å². The first-order valence-electron chi connectivity index (χ1n) is 11.2. The van der Waals surface area contributed by atoms with Crippen LogP contribution in [0.25, 0.3) is 16.6 Å². The lowest BCUT2D eigenvalue weighted by Crippen LogP contribution is -2.34. The van der Waals surface area contributed by atoms with Gasteiger partial charge in [0, 0.05) is 34.7 Å². The van der Waals surface area contributed by atoms with Crippen LogP contribution in [0.3, 0.4) is 0 Å². The lowest BCUT2D eigenvalue weighted by atomic mass is 9.92. The number of carbonyl (C=O) groups excluding carboxylic acids is 1. The van der Waals surface area contributed by atoms with Crippen LogP contribution in [0, 0.1) is 6.92 Å². The van der Waals surface area contributed by atoms with Crippen molar-refractivity contribution in [3.8, 4) is 5.69 Å². The highest BCUT2D eigenvalue weighted by atomic mass is 79.9. The van der Waals surface area contributed by atoms with E-state index in [2.05, 4.69) is 31.2 Å². The van der Waals surface area contributed by atoms with E-state index in [1.165, 1.54) is 0 Å². The molecule has 0 aliphatic carbocycles. The van der Waals surface area contributed by atoms with Gasteiger partial charge < -0.3 is 15.0 Å². The van der Waals surface area contributed by atoms with Crippen molar-refractivity contribution in [3.63, 3.8) is 0 Å². The summed E-state index contributed by atoms with van der Waals surface area (Å²) in [7, 11) is 0. The summed E-state index contributed by atoms with van der Waals surface area (Å²) in [5.74, 6) is 0.0816. The van der Waals surface area contributed by atoms with Crippen molar-refractivity contribution < 1.29 is 9.90 Å². The third kappa shape index (κ3) is 4.32. The smallest absolute Gasteiger partial charge is 0.227 e. The van der Waals surface area contributed by atoms with Crippen molar-refractivity contribution in [2.24, 2.45) is 0 Å². The molecule has 170 valence electrons. The third-order valence-corrected chi connectivity index (χ3v) is 7.05. The fourth-order valence-corrected chi connectivity index (χ4v) is 5.12. The number of H-pyrrole nitrogens is 1. The van der Waals surface area contributed by atoms with E-state index in [9.17, 15) is 9.90 Å².